The Labute approximate surface area is 73.6 Å². The van der Waals surface area contributed by atoms with Gasteiger partial charge in [0.1, 0.15) is 0 Å². The van der Waals surface area contributed by atoms with Gasteiger partial charge in [0.25, 0.3) is 5.91 Å². The minimum atomic E-state index is -0.495. The molecule has 0 aliphatic rings. The number of carbonyl (C=O) groups excluding carboxylic acids is 1. The van der Waals surface area contributed by atoms with E-state index in [0.717, 1.165) is 6.42 Å². The van der Waals surface area contributed by atoms with Crippen LogP contribution < -0.4 is 5.73 Å². The molecule has 0 heterocycles. The Bertz CT molecular complexity index is 155. The van der Waals surface area contributed by atoms with Crippen LogP contribution >= 0.6 is 0 Å². The monoisotopic (exact) mass is 174 g/mol. The van der Waals surface area contributed by atoms with Gasteiger partial charge in [-0.2, -0.15) is 0 Å². The SMILES string of the molecule is CCC(C)(CN)C(=O)N(C)OC. The van der Waals surface area contributed by atoms with Gasteiger partial charge in [-0.1, -0.05) is 6.92 Å². The molecule has 0 saturated carbocycles. The Morgan fingerprint density at radius 2 is 2.17 bits per heavy atom. The third-order valence-electron chi connectivity index (χ3n) is 2.31. The van der Waals surface area contributed by atoms with Gasteiger partial charge in [0, 0.05) is 13.6 Å². The van der Waals surface area contributed by atoms with Crippen LogP contribution in [0.25, 0.3) is 0 Å². The van der Waals surface area contributed by atoms with Crippen molar-refractivity contribution in [1.29, 1.82) is 0 Å². The molecular formula is C8H18N2O2. The fraction of sp³-hybridized carbons (Fsp3) is 0.875. The number of amides is 1. The van der Waals surface area contributed by atoms with Gasteiger partial charge in [-0.15, -0.1) is 0 Å². The van der Waals surface area contributed by atoms with Crippen LogP contribution in [0, 0.1) is 5.41 Å². The molecule has 0 aliphatic carbocycles. The highest BCUT2D eigenvalue weighted by Gasteiger charge is 2.32. The lowest BCUT2D eigenvalue weighted by Crippen LogP contribution is -2.43. The zero-order chi connectivity index (χ0) is 9.78. The molecule has 1 unspecified atom stereocenters. The van der Waals surface area contributed by atoms with Crippen molar-refractivity contribution in [2.45, 2.75) is 20.3 Å². The number of rotatable bonds is 4. The summed E-state index contributed by atoms with van der Waals surface area (Å²) in [7, 11) is 3.05. The van der Waals surface area contributed by atoms with Gasteiger partial charge in [0.15, 0.2) is 0 Å². The fourth-order valence-electron chi connectivity index (χ4n) is 0.846. The summed E-state index contributed by atoms with van der Waals surface area (Å²) in [5.41, 5.74) is 5.01. The molecule has 0 fully saturated rings. The van der Waals surface area contributed by atoms with E-state index in [4.69, 9.17) is 10.6 Å². The first-order chi connectivity index (χ1) is 5.51. The summed E-state index contributed by atoms with van der Waals surface area (Å²) in [5, 5.41) is 1.22. The van der Waals surface area contributed by atoms with Gasteiger partial charge >= 0.3 is 0 Å². The highest BCUT2D eigenvalue weighted by Crippen LogP contribution is 2.21. The maximum absolute atomic E-state index is 11.6. The number of nitrogens with two attached hydrogens (primary N) is 1. The molecule has 0 saturated heterocycles. The van der Waals surface area contributed by atoms with Crippen molar-refractivity contribution in [3.63, 3.8) is 0 Å². The molecule has 1 atom stereocenters. The van der Waals surface area contributed by atoms with Crippen molar-refractivity contribution in [2.75, 3.05) is 20.7 Å². The number of nitrogens with zero attached hydrogens (tertiary/aromatic N) is 1. The van der Waals surface area contributed by atoms with E-state index in [2.05, 4.69) is 0 Å². The minimum Gasteiger partial charge on any atom is -0.329 e. The van der Waals surface area contributed by atoms with Gasteiger partial charge in [-0.05, 0) is 13.3 Å². The zero-order valence-electron chi connectivity index (χ0n) is 8.26. The first-order valence-electron chi connectivity index (χ1n) is 4.04. The summed E-state index contributed by atoms with van der Waals surface area (Å²) in [4.78, 5) is 16.4. The smallest absolute Gasteiger partial charge is 0.253 e. The molecule has 0 aromatic rings. The molecule has 4 heteroatoms. The molecule has 0 radical (unpaired) electrons. The molecular weight excluding hydrogens is 156 g/mol. The van der Waals surface area contributed by atoms with Crippen LogP contribution in [0.3, 0.4) is 0 Å². The second-order valence-corrected chi connectivity index (χ2v) is 3.10. The highest BCUT2D eigenvalue weighted by atomic mass is 16.7. The molecule has 0 rings (SSSR count). The van der Waals surface area contributed by atoms with E-state index in [1.54, 1.807) is 7.05 Å². The van der Waals surface area contributed by atoms with E-state index >= 15 is 0 Å². The zero-order valence-corrected chi connectivity index (χ0v) is 8.26. The molecule has 0 aliphatic heterocycles. The summed E-state index contributed by atoms with van der Waals surface area (Å²) < 4.78 is 0. The van der Waals surface area contributed by atoms with E-state index in [9.17, 15) is 4.79 Å². The van der Waals surface area contributed by atoms with E-state index in [1.807, 2.05) is 13.8 Å². The van der Waals surface area contributed by atoms with Crippen LogP contribution in [-0.2, 0) is 9.63 Å². The summed E-state index contributed by atoms with van der Waals surface area (Å²) in [6.07, 6.45) is 0.718. The lowest BCUT2D eigenvalue weighted by molar-refractivity contribution is -0.179. The topological polar surface area (TPSA) is 55.6 Å². The summed E-state index contributed by atoms with van der Waals surface area (Å²) in [6, 6.07) is 0. The quantitative estimate of drug-likeness (QED) is 0.627. The van der Waals surface area contributed by atoms with Crippen molar-refractivity contribution in [2.24, 2.45) is 11.1 Å². The van der Waals surface area contributed by atoms with Crippen LogP contribution in [0.15, 0.2) is 0 Å². The Balaban J connectivity index is 4.41. The van der Waals surface area contributed by atoms with Crippen molar-refractivity contribution in [3.8, 4) is 0 Å². The standard InChI is InChI=1S/C8H18N2O2/c1-5-8(2,6-9)7(11)10(3)12-4/h5-6,9H2,1-4H3. The van der Waals surface area contributed by atoms with Gasteiger partial charge in [0.05, 0.1) is 12.5 Å². The number of carbonyl (C=O) groups is 1. The Hall–Kier alpha value is -0.610. The van der Waals surface area contributed by atoms with E-state index in [1.165, 1.54) is 12.2 Å². The van der Waals surface area contributed by atoms with Crippen LogP contribution in [0.2, 0.25) is 0 Å². The van der Waals surface area contributed by atoms with Crippen molar-refractivity contribution < 1.29 is 9.63 Å². The second kappa shape index (κ2) is 4.42. The number of hydrogen-bond acceptors (Lipinski definition) is 3. The van der Waals surface area contributed by atoms with Crippen molar-refractivity contribution in [3.05, 3.63) is 0 Å². The van der Waals surface area contributed by atoms with Crippen molar-refractivity contribution in [1.82, 2.24) is 5.06 Å². The summed E-state index contributed by atoms with van der Waals surface area (Å²) in [6.45, 7) is 4.12. The molecule has 1 amide bonds. The van der Waals surface area contributed by atoms with Crippen LogP contribution in [0.1, 0.15) is 20.3 Å². The van der Waals surface area contributed by atoms with Crippen LogP contribution in [-0.4, -0.2) is 31.7 Å². The third-order valence-corrected chi connectivity index (χ3v) is 2.31. The maximum atomic E-state index is 11.6. The molecule has 12 heavy (non-hydrogen) atoms. The average Bonchev–Trinajstić information content (AvgIpc) is 2.14. The Morgan fingerprint density at radius 3 is 2.42 bits per heavy atom. The van der Waals surface area contributed by atoms with E-state index in [0.29, 0.717) is 6.54 Å². The molecule has 0 spiro atoms. The molecule has 0 aromatic carbocycles. The normalized spacial score (nSPS) is 15.4. The molecule has 2 N–H and O–H groups in total. The largest absolute Gasteiger partial charge is 0.329 e. The second-order valence-electron chi connectivity index (χ2n) is 3.10. The number of hydrogen-bond donors (Lipinski definition) is 1. The molecule has 4 nitrogen and oxygen atoms in total. The third kappa shape index (κ3) is 2.19. The predicted octanol–water partition coefficient (Wildman–Crippen LogP) is 0.381. The van der Waals surface area contributed by atoms with E-state index in [-0.39, 0.29) is 5.91 Å². The van der Waals surface area contributed by atoms with Gasteiger partial charge in [-0.25, -0.2) is 5.06 Å². The predicted molar refractivity (Wildman–Crippen MR) is 47.2 cm³/mol. The Morgan fingerprint density at radius 1 is 1.67 bits per heavy atom. The average molecular weight is 174 g/mol. The van der Waals surface area contributed by atoms with Crippen LogP contribution in [0.5, 0.6) is 0 Å². The lowest BCUT2D eigenvalue weighted by Gasteiger charge is -2.28. The number of hydroxylamine groups is 2. The first kappa shape index (κ1) is 11.4. The molecule has 0 aromatic heterocycles. The van der Waals surface area contributed by atoms with Gasteiger partial charge in [-0.3, -0.25) is 9.63 Å². The molecule has 0 bridgehead atoms. The van der Waals surface area contributed by atoms with Gasteiger partial charge < -0.3 is 5.73 Å². The van der Waals surface area contributed by atoms with E-state index < -0.39 is 5.41 Å². The highest BCUT2D eigenvalue weighted by molar-refractivity contribution is 5.81. The van der Waals surface area contributed by atoms with Crippen molar-refractivity contribution >= 4 is 5.91 Å². The molecule has 72 valence electrons. The summed E-state index contributed by atoms with van der Waals surface area (Å²) >= 11 is 0. The lowest BCUT2D eigenvalue weighted by atomic mass is 9.87. The van der Waals surface area contributed by atoms with Gasteiger partial charge in [0.2, 0.25) is 0 Å². The maximum Gasteiger partial charge on any atom is 0.253 e. The van der Waals surface area contributed by atoms with Crippen LogP contribution in [0.4, 0.5) is 0 Å². The first-order valence-corrected chi connectivity index (χ1v) is 4.04. The Kier molecular flexibility index (Phi) is 4.20. The minimum absolute atomic E-state index is 0.0741. The fourth-order valence-corrected chi connectivity index (χ4v) is 0.846. The summed E-state index contributed by atoms with van der Waals surface area (Å²) in [5.74, 6) is -0.0741.